The number of amides is 1. The Balaban J connectivity index is 1.75. The molecule has 5 nitrogen and oxygen atoms in total. The lowest BCUT2D eigenvalue weighted by Gasteiger charge is -2.35. The van der Waals surface area contributed by atoms with Crippen molar-refractivity contribution in [3.8, 4) is 11.1 Å². The number of pyridine rings is 1. The van der Waals surface area contributed by atoms with Crippen LogP contribution < -0.4 is 16.0 Å². The summed E-state index contributed by atoms with van der Waals surface area (Å²) in [5, 5.41) is 2.87. The summed E-state index contributed by atoms with van der Waals surface area (Å²) in [5.41, 5.74) is 7.61. The van der Waals surface area contributed by atoms with Crippen LogP contribution in [0.2, 0.25) is 5.02 Å². The van der Waals surface area contributed by atoms with Crippen molar-refractivity contribution in [2.45, 2.75) is 43.7 Å². The molecule has 0 spiro atoms. The molecule has 1 aromatic heterocycles. The number of anilines is 1. The number of rotatable bonds is 4. The molecular formula is C21H22ClF3N4O. The molecule has 1 amide bonds. The lowest BCUT2D eigenvalue weighted by atomic mass is 9.88. The summed E-state index contributed by atoms with van der Waals surface area (Å²) in [6.45, 7) is 2.99. The average molecular weight is 439 g/mol. The van der Waals surface area contributed by atoms with Crippen LogP contribution in [0.5, 0.6) is 0 Å². The summed E-state index contributed by atoms with van der Waals surface area (Å²) in [4.78, 5) is 19.1. The molecule has 2 aromatic rings. The van der Waals surface area contributed by atoms with E-state index in [1.165, 1.54) is 18.3 Å². The van der Waals surface area contributed by atoms with E-state index in [1.807, 2.05) is 11.8 Å². The van der Waals surface area contributed by atoms with Gasteiger partial charge in [-0.3, -0.25) is 9.78 Å². The number of halogens is 4. The van der Waals surface area contributed by atoms with Crippen LogP contribution in [0.3, 0.4) is 0 Å². The molecule has 9 heteroatoms. The van der Waals surface area contributed by atoms with Gasteiger partial charge in [-0.2, -0.15) is 0 Å². The Morgan fingerprint density at radius 1 is 1.30 bits per heavy atom. The van der Waals surface area contributed by atoms with E-state index in [4.69, 9.17) is 17.3 Å². The van der Waals surface area contributed by atoms with Crippen LogP contribution in [0.25, 0.3) is 11.1 Å². The highest BCUT2D eigenvalue weighted by Crippen LogP contribution is 2.40. The Kier molecular flexibility index (Phi) is 5.18. The van der Waals surface area contributed by atoms with E-state index in [0.717, 1.165) is 0 Å². The predicted molar refractivity (Wildman–Crippen MR) is 109 cm³/mol. The molecule has 0 bridgehead atoms. The van der Waals surface area contributed by atoms with E-state index < -0.39 is 29.2 Å². The third kappa shape index (κ3) is 4.25. The molecule has 0 radical (unpaired) electrons. The van der Waals surface area contributed by atoms with Crippen LogP contribution in [0.4, 0.5) is 18.9 Å². The first-order valence-electron chi connectivity index (χ1n) is 9.70. The number of hydrogen-bond acceptors (Lipinski definition) is 4. The van der Waals surface area contributed by atoms with Crippen molar-refractivity contribution in [2.75, 3.05) is 18.0 Å². The number of benzene rings is 1. The minimum absolute atomic E-state index is 0.215. The first-order chi connectivity index (χ1) is 14.0. The molecule has 2 heterocycles. The van der Waals surface area contributed by atoms with E-state index in [-0.39, 0.29) is 23.4 Å². The van der Waals surface area contributed by atoms with Crippen molar-refractivity contribution >= 4 is 23.2 Å². The van der Waals surface area contributed by atoms with E-state index in [1.54, 1.807) is 12.3 Å². The molecule has 1 aromatic carbocycles. The Bertz CT molecular complexity index is 970. The van der Waals surface area contributed by atoms with E-state index >= 15 is 0 Å². The van der Waals surface area contributed by atoms with Gasteiger partial charge in [0.15, 0.2) is 0 Å². The Morgan fingerprint density at radius 3 is 2.63 bits per heavy atom. The highest BCUT2D eigenvalue weighted by atomic mass is 35.5. The lowest BCUT2D eigenvalue weighted by molar-refractivity contribution is -0.0901. The van der Waals surface area contributed by atoms with Crippen LogP contribution in [0.15, 0.2) is 30.6 Å². The molecule has 1 aliphatic heterocycles. The van der Waals surface area contributed by atoms with Crippen LogP contribution >= 0.6 is 11.6 Å². The van der Waals surface area contributed by atoms with Gasteiger partial charge in [0.2, 0.25) is 0 Å². The van der Waals surface area contributed by atoms with Gasteiger partial charge in [-0.05, 0) is 37.1 Å². The van der Waals surface area contributed by atoms with Gasteiger partial charge in [-0.15, -0.1) is 0 Å². The van der Waals surface area contributed by atoms with Crippen molar-refractivity contribution < 1.29 is 18.0 Å². The molecule has 30 heavy (non-hydrogen) atoms. The second-order valence-corrected chi connectivity index (χ2v) is 8.94. The van der Waals surface area contributed by atoms with E-state index in [9.17, 15) is 18.0 Å². The predicted octanol–water partition coefficient (Wildman–Crippen LogP) is 4.00. The smallest absolute Gasteiger partial charge is 0.255 e. The molecule has 3 N–H and O–H groups in total. The summed E-state index contributed by atoms with van der Waals surface area (Å²) in [5.74, 6) is -3.75. The summed E-state index contributed by atoms with van der Waals surface area (Å²) in [6.07, 6.45) is 2.88. The molecule has 1 atom stereocenters. The lowest BCUT2D eigenvalue weighted by Crippen LogP contribution is -2.50. The Hall–Kier alpha value is -2.32. The average Bonchev–Trinajstić information content (AvgIpc) is 2.98. The molecule has 1 saturated carbocycles. The largest absolute Gasteiger partial charge is 0.368 e. The van der Waals surface area contributed by atoms with Gasteiger partial charge < -0.3 is 16.0 Å². The van der Waals surface area contributed by atoms with Gasteiger partial charge in [0.25, 0.3) is 11.8 Å². The second-order valence-electron chi connectivity index (χ2n) is 8.50. The number of nitrogens with one attached hydrogen (secondary N) is 1. The summed E-state index contributed by atoms with van der Waals surface area (Å²) in [6, 6.07) is 3.51. The first kappa shape index (κ1) is 20.9. The van der Waals surface area contributed by atoms with Crippen molar-refractivity contribution in [1.82, 2.24) is 10.3 Å². The Labute approximate surface area is 177 Å². The van der Waals surface area contributed by atoms with Crippen LogP contribution in [0.1, 0.15) is 36.5 Å². The van der Waals surface area contributed by atoms with Crippen molar-refractivity contribution in [3.05, 3.63) is 47.0 Å². The highest BCUT2D eigenvalue weighted by Gasteiger charge is 2.46. The van der Waals surface area contributed by atoms with Gasteiger partial charge in [-0.25, -0.2) is 13.2 Å². The topological polar surface area (TPSA) is 71.2 Å². The molecule has 2 fully saturated rings. The Morgan fingerprint density at radius 2 is 2.03 bits per heavy atom. The van der Waals surface area contributed by atoms with Crippen molar-refractivity contribution in [3.63, 3.8) is 0 Å². The highest BCUT2D eigenvalue weighted by molar-refractivity contribution is 6.30. The molecule has 2 aliphatic rings. The zero-order chi connectivity index (χ0) is 21.7. The van der Waals surface area contributed by atoms with Gasteiger partial charge in [-0.1, -0.05) is 11.6 Å². The van der Waals surface area contributed by atoms with Gasteiger partial charge in [0, 0.05) is 60.5 Å². The number of nitrogens with zero attached hydrogens (tertiary/aromatic N) is 2. The third-order valence-electron chi connectivity index (χ3n) is 5.58. The number of nitrogens with two attached hydrogens (primary N) is 1. The fourth-order valence-electron chi connectivity index (χ4n) is 4.08. The number of aromatic nitrogens is 1. The molecule has 1 aliphatic carbocycles. The number of alkyl halides is 2. The van der Waals surface area contributed by atoms with Crippen LogP contribution in [-0.2, 0) is 0 Å². The van der Waals surface area contributed by atoms with E-state index in [2.05, 4.69) is 10.3 Å². The number of carbonyl (C=O) groups excluding carboxylic acids is 1. The van der Waals surface area contributed by atoms with Crippen molar-refractivity contribution in [1.29, 1.82) is 0 Å². The van der Waals surface area contributed by atoms with Gasteiger partial charge >= 0.3 is 0 Å². The number of hydrogen-bond donors (Lipinski definition) is 2. The molecule has 0 unspecified atom stereocenters. The minimum Gasteiger partial charge on any atom is -0.368 e. The SMILES string of the molecule is C[C@]1(N)CCN(c2c(C(=O)NC3CC(F)(F)C3)cncc2-c2cc(F)cc(Cl)c2)C1. The van der Waals surface area contributed by atoms with Crippen LogP contribution in [-0.4, -0.2) is 41.5 Å². The molecular weight excluding hydrogens is 417 g/mol. The molecule has 160 valence electrons. The normalized spacial score (nSPS) is 23.3. The maximum Gasteiger partial charge on any atom is 0.255 e. The summed E-state index contributed by atoms with van der Waals surface area (Å²) in [7, 11) is 0. The summed E-state index contributed by atoms with van der Waals surface area (Å²) < 4.78 is 40.4. The number of carbonyl (C=O) groups is 1. The standard InChI is InChI=1S/C21H22ClF3N4O/c1-20(26)2-3-29(11-20)18-16(12-4-13(22)6-14(23)5-12)9-27-10-17(18)19(30)28-15-7-21(24,25)8-15/h4-6,9-10,15H,2-3,7-8,11,26H2,1H3,(H,28,30)/t20-/m0/s1. The van der Waals surface area contributed by atoms with Crippen LogP contribution in [0, 0.1) is 5.82 Å². The minimum atomic E-state index is -2.74. The summed E-state index contributed by atoms with van der Waals surface area (Å²) >= 11 is 6.04. The molecule has 4 rings (SSSR count). The van der Waals surface area contributed by atoms with E-state index in [0.29, 0.717) is 36.3 Å². The van der Waals surface area contributed by atoms with Gasteiger partial charge in [0.05, 0.1) is 11.3 Å². The van der Waals surface area contributed by atoms with Gasteiger partial charge in [0.1, 0.15) is 5.82 Å². The monoisotopic (exact) mass is 438 g/mol. The maximum absolute atomic E-state index is 14.0. The quantitative estimate of drug-likeness (QED) is 0.757. The fourth-order valence-corrected chi connectivity index (χ4v) is 4.30. The zero-order valence-corrected chi connectivity index (χ0v) is 17.1. The fraction of sp³-hybridized carbons (Fsp3) is 0.429. The maximum atomic E-state index is 14.0. The van der Waals surface area contributed by atoms with Crippen molar-refractivity contribution in [2.24, 2.45) is 5.73 Å². The molecule has 1 saturated heterocycles. The first-order valence-corrected chi connectivity index (χ1v) is 10.1. The zero-order valence-electron chi connectivity index (χ0n) is 16.4. The third-order valence-corrected chi connectivity index (χ3v) is 5.80. The second kappa shape index (κ2) is 7.42.